The predicted octanol–water partition coefficient (Wildman–Crippen LogP) is 1.34. The highest BCUT2D eigenvalue weighted by molar-refractivity contribution is 7.91. The largest absolute Gasteiger partial charge is 0.496 e. The van der Waals surface area contributed by atoms with Crippen LogP contribution in [0.5, 0.6) is 5.75 Å². The number of ether oxygens (including phenoxy) is 1. The van der Waals surface area contributed by atoms with E-state index in [0.717, 1.165) is 23.5 Å². The number of hydrogen-bond donors (Lipinski definition) is 1. The lowest BCUT2D eigenvalue weighted by Crippen LogP contribution is -2.28. The fourth-order valence-electron chi connectivity index (χ4n) is 2.62. The fraction of sp³-hybridized carbons (Fsp3) is 0.571. The Morgan fingerprint density at radius 2 is 2.05 bits per heavy atom. The third-order valence-corrected chi connectivity index (χ3v) is 5.33. The van der Waals surface area contributed by atoms with Gasteiger partial charge < -0.3 is 15.4 Å². The molecule has 1 heterocycles. The molecule has 0 aliphatic carbocycles. The summed E-state index contributed by atoms with van der Waals surface area (Å²) in [6, 6.07) is 5.62. The number of nitrogens with two attached hydrogens (primary N) is 1. The van der Waals surface area contributed by atoms with E-state index in [1.807, 2.05) is 25.1 Å². The molecule has 112 valence electrons. The van der Waals surface area contributed by atoms with Gasteiger partial charge in [-0.05, 0) is 25.5 Å². The maximum Gasteiger partial charge on any atom is 0.152 e. The minimum Gasteiger partial charge on any atom is -0.496 e. The van der Waals surface area contributed by atoms with Crippen molar-refractivity contribution in [2.45, 2.75) is 19.4 Å². The SMILES string of the molecule is COc1cccc(N2CCCS(=O)(=O)CC2)c1C(C)N. The number of methoxy groups -OCH3 is 1. The van der Waals surface area contributed by atoms with Gasteiger partial charge in [0.05, 0.1) is 18.6 Å². The number of sulfone groups is 1. The van der Waals surface area contributed by atoms with Gasteiger partial charge >= 0.3 is 0 Å². The van der Waals surface area contributed by atoms with E-state index in [1.165, 1.54) is 0 Å². The molecule has 6 heteroatoms. The lowest BCUT2D eigenvalue weighted by atomic mass is 10.0. The van der Waals surface area contributed by atoms with Crippen molar-refractivity contribution in [1.29, 1.82) is 0 Å². The molecule has 1 atom stereocenters. The topological polar surface area (TPSA) is 72.6 Å². The van der Waals surface area contributed by atoms with E-state index < -0.39 is 9.84 Å². The Labute approximate surface area is 120 Å². The summed E-state index contributed by atoms with van der Waals surface area (Å²) in [6.45, 7) is 3.15. The summed E-state index contributed by atoms with van der Waals surface area (Å²) in [5.41, 5.74) is 7.99. The Bertz CT molecular complexity index is 570. The summed E-state index contributed by atoms with van der Waals surface area (Å²) in [5.74, 6) is 1.22. The van der Waals surface area contributed by atoms with Crippen molar-refractivity contribution in [3.05, 3.63) is 23.8 Å². The molecule has 0 radical (unpaired) electrons. The molecule has 1 unspecified atom stereocenters. The van der Waals surface area contributed by atoms with Crippen LogP contribution in [-0.4, -0.2) is 40.1 Å². The Morgan fingerprint density at radius 3 is 2.70 bits per heavy atom. The third kappa shape index (κ3) is 3.24. The first-order valence-corrected chi connectivity index (χ1v) is 8.64. The van der Waals surface area contributed by atoms with Gasteiger partial charge in [-0.15, -0.1) is 0 Å². The Morgan fingerprint density at radius 1 is 1.30 bits per heavy atom. The van der Waals surface area contributed by atoms with E-state index in [4.69, 9.17) is 10.5 Å². The van der Waals surface area contributed by atoms with Gasteiger partial charge in [-0.2, -0.15) is 0 Å². The average Bonchev–Trinajstić information content (AvgIpc) is 2.58. The van der Waals surface area contributed by atoms with Crippen molar-refractivity contribution in [2.24, 2.45) is 5.73 Å². The van der Waals surface area contributed by atoms with Crippen LogP contribution in [0, 0.1) is 0 Å². The van der Waals surface area contributed by atoms with Crippen LogP contribution in [0.1, 0.15) is 24.9 Å². The highest BCUT2D eigenvalue weighted by atomic mass is 32.2. The second kappa shape index (κ2) is 6.01. The Balaban J connectivity index is 2.37. The summed E-state index contributed by atoms with van der Waals surface area (Å²) in [7, 11) is -1.29. The molecule has 0 bridgehead atoms. The van der Waals surface area contributed by atoms with Gasteiger partial charge in [-0.1, -0.05) is 6.07 Å². The van der Waals surface area contributed by atoms with Crippen LogP contribution >= 0.6 is 0 Å². The van der Waals surface area contributed by atoms with E-state index >= 15 is 0 Å². The van der Waals surface area contributed by atoms with Gasteiger partial charge in [0.15, 0.2) is 9.84 Å². The van der Waals surface area contributed by atoms with Crippen LogP contribution < -0.4 is 15.4 Å². The number of anilines is 1. The molecule has 1 saturated heterocycles. The Hall–Kier alpha value is -1.27. The molecule has 1 aliphatic rings. The molecule has 2 N–H and O–H groups in total. The summed E-state index contributed by atoms with van der Waals surface area (Å²) in [5, 5.41) is 0. The zero-order valence-electron chi connectivity index (χ0n) is 12.0. The van der Waals surface area contributed by atoms with Crippen LogP contribution in [0.15, 0.2) is 18.2 Å². The molecule has 1 fully saturated rings. The molecule has 1 aromatic rings. The molecule has 0 amide bonds. The van der Waals surface area contributed by atoms with Gasteiger partial charge in [0.2, 0.25) is 0 Å². The second-order valence-corrected chi connectivity index (χ2v) is 7.48. The molecular weight excluding hydrogens is 276 g/mol. The standard InChI is InChI=1S/C14H22N2O3S/c1-11(15)14-12(5-3-6-13(14)19-2)16-7-4-9-20(17,18)10-8-16/h3,5-6,11H,4,7-10,15H2,1-2H3. The summed E-state index contributed by atoms with van der Waals surface area (Å²) < 4.78 is 28.8. The maximum absolute atomic E-state index is 11.7. The second-order valence-electron chi connectivity index (χ2n) is 5.17. The van der Waals surface area contributed by atoms with Crippen LogP contribution in [0.4, 0.5) is 5.69 Å². The van der Waals surface area contributed by atoms with Crippen molar-refractivity contribution in [2.75, 3.05) is 36.6 Å². The molecular formula is C14H22N2O3S. The molecule has 0 saturated carbocycles. The summed E-state index contributed by atoms with van der Waals surface area (Å²) >= 11 is 0. The quantitative estimate of drug-likeness (QED) is 0.911. The lowest BCUT2D eigenvalue weighted by Gasteiger charge is -2.27. The minimum atomic E-state index is -2.91. The molecule has 1 aromatic carbocycles. The van der Waals surface area contributed by atoms with Gasteiger partial charge in [0.25, 0.3) is 0 Å². The van der Waals surface area contributed by atoms with Crippen molar-refractivity contribution < 1.29 is 13.2 Å². The van der Waals surface area contributed by atoms with E-state index in [9.17, 15) is 8.42 Å². The Kier molecular flexibility index (Phi) is 4.55. The summed E-state index contributed by atoms with van der Waals surface area (Å²) in [6.07, 6.45) is 0.651. The average molecular weight is 298 g/mol. The van der Waals surface area contributed by atoms with Crippen molar-refractivity contribution in [3.63, 3.8) is 0 Å². The number of rotatable bonds is 3. The molecule has 2 rings (SSSR count). The fourth-order valence-corrected chi connectivity index (χ4v) is 3.89. The van der Waals surface area contributed by atoms with Gasteiger partial charge in [0.1, 0.15) is 5.75 Å². The van der Waals surface area contributed by atoms with Gasteiger partial charge in [-0.3, -0.25) is 0 Å². The highest BCUT2D eigenvalue weighted by Crippen LogP contribution is 2.34. The predicted molar refractivity (Wildman–Crippen MR) is 81.1 cm³/mol. The smallest absolute Gasteiger partial charge is 0.152 e. The van der Waals surface area contributed by atoms with Gasteiger partial charge in [-0.25, -0.2) is 8.42 Å². The zero-order valence-corrected chi connectivity index (χ0v) is 12.8. The van der Waals surface area contributed by atoms with Crippen LogP contribution in [0.2, 0.25) is 0 Å². The van der Waals surface area contributed by atoms with Crippen LogP contribution in [0.25, 0.3) is 0 Å². The molecule has 5 nitrogen and oxygen atoms in total. The molecule has 0 aromatic heterocycles. The first-order chi connectivity index (χ1) is 9.44. The monoisotopic (exact) mass is 298 g/mol. The molecule has 0 spiro atoms. The maximum atomic E-state index is 11.7. The highest BCUT2D eigenvalue weighted by Gasteiger charge is 2.23. The van der Waals surface area contributed by atoms with E-state index in [0.29, 0.717) is 13.0 Å². The third-order valence-electron chi connectivity index (χ3n) is 3.61. The first kappa shape index (κ1) is 15.1. The molecule has 20 heavy (non-hydrogen) atoms. The van der Waals surface area contributed by atoms with E-state index in [-0.39, 0.29) is 17.5 Å². The lowest BCUT2D eigenvalue weighted by molar-refractivity contribution is 0.407. The van der Waals surface area contributed by atoms with Crippen molar-refractivity contribution in [1.82, 2.24) is 0 Å². The zero-order chi connectivity index (χ0) is 14.8. The van der Waals surface area contributed by atoms with Crippen molar-refractivity contribution in [3.8, 4) is 5.75 Å². The number of benzene rings is 1. The number of nitrogens with zero attached hydrogens (tertiary/aromatic N) is 1. The van der Waals surface area contributed by atoms with Crippen LogP contribution in [-0.2, 0) is 9.84 Å². The molecule has 1 aliphatic heterocycles. The van der Waals surface area contributed by atoms with Crippen LogP contribution in [0.3, 0.4) is 0 Å². The van der Waals surface area contributed by atoms with E-state index in [1.54, 1.807) is 7.11 Å². The van der Waals surface area contributed by atoms with Gasteiger partial charge in [0, 0.05) is 30.4 Å². The first-order valence-electron chi connectivity index (χ1n) is 6.82. The number of hydrogen-bond acceptors (Lipinski definition) is 5. The summed E-state index contributed by atoms with van der Waals surface area (Å²) in [4.78, 5) is 2.10. The minimum absolute atomic E-state index is 0.166. The van der Waals surface area contributed by atoms with Crippen molar-refractivity contribution >= 4 is 15.5 Å². The van der Waals surface area contributed by atoms with E-state index in [2.05, 4.69) is 4.90 Å². The normalized spacial score (nSPS) is 20.2.